The monoisotopic (exact) mass is 142 g/mol. The smallest absolute Gasteiger partial charge is 0.0652 e. The maximum absolute atomic E-state index is 9.69. The maximum atomic E-state index is 9.69. The normalized spacial score (nSPS) is 59.7. The molecule has 2 fully saturated rings. The zero-order valence-corrected chi connectivity index (χ0v) is 6.25. The van der Waals surface area contributed by atoms with Crippen LogP contribution in [0.5, 0.6) is 0 Å². The highest BCUT2D eigenvalue weighted by Gasteiger charge is 2.51. The molecule has 10 heavy (non-hydrogen) atoms. The summed E-state index contributed by atoms with van der Waals surface area (Å²) < 4.78 is 0. The molecule has 0 amide bonds. The van der Waals surface area contributed by atoms with E-state index in [1.807, 2.05) is 6.92 Å². The highest BCUT2D eigenvalue weighted by molar-refractivity contribution is 5.02. The molecule has 0 unspecified atom stereocenters. The van der Waals surface area contributed by atoms with E-state index in [-0.39, 0.29) is 6.10 Å². The minimum absolute atomic E-state index is 0.120. The number of fused-ring (bicyclic) bond motifs is 2. The van der Waals surface area contributed by atoms with Crippen LogP contribution in [-0.2, 0) is 0 Å². The lowest BCUT2D eigenvalue weighted by Crippen LogP contribution is -2.35. The second kappa shape index (κ2) is 1.74. The first kappa shape index (κ1) is 6.62. The van der Waals surface area contributed by atoms with E-state index >= 15 is 0 Å². The third-order valence-electron chi connectivity index (χ3n) is 3.21. The lowest BCUT2D eigenvalue weighted by atomic mass is 9.85. The summed E-state index contributed by atoms with van der Waals surface area (Å²) in [5, 5.41) is 19.0. The van der Waals surface area contributed by atoms with Crippen LogP contribution in [-0.4, -0.2) is 21.9 Å². The van der Waals surface area contributed by atoms with Gasteiger partial charge < -0.3 is 10.2 Å². The van der Waals surface area contributed by atoms with Crippen LogP contribution in [0.4, 0.5) is 0 Å². The predicted octanol–water partition coefficient (Wildman–Crippen LogP) is 0.528. The molecular weight excluding hydrogens is 128 g/mol. The van der Waals surface area contributed by atoms with Gasteiger partial charge >= 0.3 is 0 Å². The van der Waals surface area contributed by atoms with E-state index in [2.05, 4.69) is 0 Å². The summed E-state index contributed by atoms with van der Waals surface area (Å²) in [5.41, 5.74) is -0.468. The number of rotatable bonds is 0. The van der Waals surface area contributed by atoms with Gasteiger partial charge in [0, 0.05) is 0 Å². The van der Waals surface area contributed by atoms with Crippen molar-refractivity contribution in [2.24, 2.45) is 11.8 Å². The second-order valence-corrected chi connectivity index (χ2v) is 4.06. The number of aliphatic hydroxyl groups excluding tert-OH is 1. The van der Waals surface area contributed by atoms with Crippen LogP contribution in [0.15, 0.2) is 0 Å². The first-order valence-corrected chi connectivity index (χ1v) is 4.00. The highest BCUT2D eigenvalue weighted by atomic mass is 16.3. The molecule has 0 aromatic carbocycles. The predicted molar refractivity (Wildman–Crippen MR) is 37.5 cm³/mol. The van der Waals surface area contributed by atoms with Gasteiger partial charge in [-0.05, 0) is 38.0 Å². The molecule has 0 heterocycles. The molecular formula is C8H14O2. The van der Waals surface area contributed by atoms with Crippen molar-refractivity contribution < 1.29 is 10.2 Å². The Bertz CT molecular complexity index is 151. The first-order chi connectivity index (χ1) is 4.59. The summed E-state index contributed by atoms with van der Waals surface area (Å²) in [6.45, 7) is 1.89. The highest BCUT2D eigenvalue weighted by Crippen LogP contribution is 2.50. The van der Waals surface area contributed by atoms with Crippen molar-refractivity contribution in [3.63, 3.8) is 0 Å². The van der Waals surface area contributed by atoms with E-state index in [1.54, 1.807) is 0 Å². The van der Waals surface area contributed by atoms with Gasteiger partial charge in [-0.2, -0.15) is 0 Å². The first-order valence-electron chi connectivity index (χ1n) is 4.00. The van der Waals surface area contributed by atoms with Crippen molar-refractivity contribution in [2.45, 2.75) is 37.9 Å². The van der Waals surface area contributed by atoms with Gasteiger partial charge in [-0.1, -0.05) is 0 Å². The zero-order valence-electron chi connectivity index (χ0n) is 6.25. The largest absolute Gasteiger partial charge is 0.393 e. The standard InChI is InChI=1S/C8H14O2/c1-8(10)4-5-2-6(8)3-7(5)9/h5-7,9-10H,2-4H2,1H3/t5-,6-,7+,8-/m1/s1. The van der Waals surface area contributed by atoms with E-state index in [0.29, 0.717) is 11.8 Å². The SMILES string of the molecule is C[C@@]1(O)C[C@H]2C[C@@H]1C[C@@H]2O. The van der Waals surface area contributed by atoms with E-state index in [1.165, 1.54) is 0 Å². The quantitative estimate of drug-likeness (QED) is 0.518. The Hall–Kier alpha value is -0.0800. The fraction of sp³-hybridized carbons (Fsp3) is 1.00. The van der Waals surface area contributed by atoms with Crippen molar-refractivity contribution in [3.05, 3.63) is 0 Å². The molecule has 0 aliphatic heterocycles. The Morgan fingerprint density at radius 2 is 2.10 bits per heavy atom. The van der Waals surface area contributed by atoms with Crippen molar-refractivity contribution in [2.75, 3.05) is 0 Å². The Balaban J connectivity index is 2.16. The molecule has 2 saturated carbocycles. The van der Waals surface area contributed by atoms with Gasteiger partial charge in [-0.25, -0.2) is 0 Å². The molecule has 4 atom stereocenters. The summed E-state index contributed by atoms with van der Waals surface area (Å²) in [6, 6.07) is 0. The van der Waals surface area contributed by atoms with Crippen LogP contribution in [0.3, 0.4) is 0 Å². The molecule has 2 heteroatoms. The topological polar surface area (TPSA) is 40.5 Å². The summed E-state index contributed by atoms with van der Waals surface area (Å²) in [6.07, 6.45) is 2.54. The molecule has 2 aliphatic carbocycles. The van der Waals surface area contributed by atoms with Crippen LogP contribution in [0.2, 0.25) is 0 Å². The van der Waals surface area contributed by atoms with E-state index < -0.39 is 5.60 Å². The van der Waals surface area contributed by atoms with Gasteiger partial charge in [0.2, 0.25) is 0 Å². The van der Waals surface area contributed by atoms with Crippen LogP contribution in [0.1, 0.15) is 26.2 Å². The fourth-order valence-electron chi connectivity index (χ4n) is 2.53. The molecule has 0 aromatic rings. The Labute approximate surface area is 60.9 Å². The van der Waals surface area contributed by atoms with Crippen LogP contribution >= 0.6 is 0 Å². The van der Waals surface area contributed by atoms with Gasteiger partial charge in [0.25, 0.3) is 0 Å². The minimum atomic E-state index is -0.468. The third-order valence-corrected chi connectivity index (χ3v) is 3.21. The Morgan fingerprint density at radius 1 is 1.40 bits per heavy atom. The average Bonchev–Trinajstić information content (AvgIpc) is 2.21. The molecule has 2 bridgehead atoms. The third kappa shape index (κ3) is 0.722. The zero-order chi connectivity index (χ0) is 7.35. The van der Waals surface area contributed by atoms with Crippen molar-refractivity contribution in [1.29, 1.82) is 0 Å². The Morgan fingerprint density at radius 3 is 2.40 bits per heavy atom. The van der Waals surface area contributed by atoms with E-state index in [0.717, 1.165) is 19.3 Å². The molecule has 2 nitrogen and oxygen atoms in total. The van der Waals surface area contributed by atoms with Gasteiger partial charge in [0.1, 0.15) is 0 Å². The van der Waals surface area contributed by atoms with Gasteiger partial charge in [-0.15, -0.1) is 0 Å². The lowest BCUT2D eigenvalue weighted by molar-refractivity contribution is -0.0284. The molecule has 58 valence electrons. The number of hydrogen-bond donors (Lipinski definition) is 2. The van der Waals surface area contributed by atoms with Gasteiger partial charge in [-0.3, -0.25) is 0 Å². The molecule has 2 rings (SSSR count). The van der Waals surface area contributed by atoms with Crippen molar-refractivity contribution in [3.8, 4) is 0 Å². The molecule has 0 aromatic heterocycles. The molecule has 0 saturated heterocycles. The van der Waals surface area contributed by atoms with Gasteiger partial charge in [0.05, 0.1) is 11.7 Å². The minimum Gasteiger partial charge on any atom is -0.393 e. The Kier molecular flexibility index (Phi) is 1.15. The van der Waals surface area contributed by atoms with E-state index in [4.69, 9.17) is 0 Å². The van der Waals surface area contributed by atoms with Crippen LogP contribution < -0.4 is 0 Å². The summed E-state index contributed by atoms with van der Waals surface area (Å²) >= 11 is 0. The van der Waals surface area contributed by atoms with Crippen molar-refractivity contribution in [1.82, 2.24) is 0 Å². The maximum Gasteiger partial charge on any atom is 0.0652 e. The molecule has 2 N–H and O–H groups in total. The summed E-state index contributed by atoms with van der Waals surface area (Å²) in [4.78, 5) is 0. The number of hydrogen-bond acceptors (Lipinski definition) is 2. The fourth-order valence-corrected chi connectivity index (χ4v) is 2.53. The molecule has 0 radical (unpaired) electrons. The van der Waals surface area contributed by atoms with Crippen LogP contribution in [0.25, 0.3) is 0 Å². The van der Waals surface area contributed by atoms with Gasteiger partial charge in [0.15, 0.2) is 0 Å². The van der Waals surface area contributed by atoms with Crippen LogP contribution in [0, 0.1) is 11.8 Å². The molecule has 0 spiro atoms. The lowest BCUT2D eigenvalue weighted by Gasteiger charge is -2.30. The summed E-state index contributed by atoms with van der Waals surface area (Å²) in [7, 11) is 0. The number of aliphatic hydroxyl groups is 2. The summed E-state index contributed by atoms with van der Waals surface area (Å²) in [5.74, 6) is 0.757. The molecule has 2 aliphatic rings. The second-order valence-electron chi connectivity index (χ2n) is 4.06. The average molecular weight is 142 g/mol. The van der Waals surface area contributed by atoms with Crippen molar-refractivity contribution >= 4 is 0 Å². The van der Waals surface area contributed by atoms with E-state index in [9.17, 15) is 10.2 Å².